The van der Waals surface area contributed by atoms with Gasteiger partial charge in [-0.3, -0.25) is 9.59 Å². The Hall–Kier alpha value is -4.58. The normalized spacial score (nSPS) is 15.9. The van der Waals surface area contributed by atoms with Crippen molar-refractivity contribution in [3.63, 3.8) is 0 Å². The number of carbonyl (C=O) groups excluding carboxylic acids is 2. The summed E-state index contributed by atoms with van der Waals surface area (Å²) in [6.07, 6.45) is -6.85. The Bertz CT molecular complexity index is 1460. The van der Waals surface area contributed by atoms with Gasteiger partial charge >= 0.3 is 12.5 Å². The lowest BCUT2D eigenvalue weighted by Crippen LogP contribution is -2.34. The zero-order chi connectivity index (χ0) is 29.1. The van der Waals surface area contributed by atoms with Gasteiger partial charge in [-0.1, -0.05) is 42.5 Å². The van der Waals surface area contributed by atoms with Crippen molar-refractivity contribution in [1.29, 1.82) is 0 Å². The van der Waals surface area contributed by atoms with Crippen LogP contribution in [0, 0.1) is 0 Å². The lowest BCUT2D eigenvalue weighted by molar-refractivity contribution is -0.274. The van der Waals surface area contributed by atoms with Crippen LogP contribution in [-0.4, -0.2) is 29.4 Å². The standard InChI is InChI=1S/C28H20F6N2O4/c29-27(30,31)18-11-7-16(8-12-18)20(17-9-13-19(14-10-17)40-28(32,33)34)3-1-6-25(38)35-22-4-2-5-23-21(22)15-24(37)26(39)36-23/h1-14,24,37H,15H2,(H,35,38)(H,36,39)/b6-1+,20-3+. The maximum Gasteiger partial charge on any atom is 0.573 e. The van der Waals surface area contributed by atoms with E-state index in [0.717, 1.165) is 30.3 Å². The quantitative estimate of drug-likeness (QED) is 0.193. The first kappa shape index (κ1) is 28.4. The van der Waals surface area contributed by atoms with E-state index in [2.05, 4.69) is 15.4 Å². The van der Waals surface area contributed by atoms with Crippen molar-refractivity contribution in [3.05, 3.63) is 107 Å². The number of amides is 2. The Balaban J connectivity index is 1.60. The third kappa shape index (κ3) is 7.08. The summed E-state index contributed by atoms with van der Waals surface area (Å²) in [6.45, 7) is 0. The van der Waals surface area contributed by atoms with E-state index in [9.17, 15) is 41.0 Å². The van der Waals surface area contributed by atoms with Crippen molar-refractivity contribution in [1.82, 2.24) is 0 Å². The van der Waals surface area contributed by atoms with Crippen LogP contribution in [0.3, 0.4) is 0 Å². The average Bonchev–Trinajstić information content (AvgIpc) is 2.87. The number of rotatable bonds is 6. The molecule has 0 bridgehead atoms. The molecular formula is C28H20F6N2O4. The van der Waals surface area contributed by atoms with E-state index in [4.69, 9.17) is 0 Å². The molecule has 2 amide bonds. The molecule has 3 aromatic carbocycles. The molecule has 1 unspecified atom stereocenters. The number of allylic oxidation sites excluding steroid dienone is 2. The van der Waals surface area contributed by atoms with Crippen LogP contribution >= 0.6 is 0 Å². The van der Waals surface area contributed by atoms with Crippen molar-refractivity contribution in [3.8, 4) is 5.75 Å². The monoisotopic (exact) mass is 562 g/mol. The van der Waals surface area contributed by atoms with Crippen LogP contribution in [0.25, 0.3) is 5.57 Å². The third-order valence-corrected chi connectivity index (χ3v) is 5.82. The summed E-state index contributed by atoms with van der Waals surface area (Å²) in [5.74, 6) is -1.63. The highest BCUT2D eigenvalue weighted by Gasteiger charge is 2.31. The van der Waals surface area contributed by atoms with Crippen LogP contribution in [0.1, 0.15) is 22.3 Å². The SMILES string of the molecule is O=C(/C=C/C=C(/c1ccc(OC(F)(F)F)cc1)c1ccc(C(F)(F)F)cc1)Nc1cccc2c1CC(O)C(=O)N2. The minimum atomic E-state index is -4.90. The van der Waals surface area contributed by atoms with Crippen LogP contribution in [0.5, 0.6) is 5.75 Å². The van der Waals surface area contributed by atoms with Gasteiger partial charge in [-0.05, 0) is 53.1 Å². The van der Waals surface area contributed by atoms with E-state index in [1.807, 2.05) is 0 Å². The van der Waals surface area contributed by atoms with Gasteiger partial charge in [0.15, 0.2) is 0 Å². The number of anilines is 2. The summed E-state index contributed by atoms with van der Waals surface area (Å²) < 4.78 is 80.5. The van der Waals surface area contributed by atoms with Crippen LogP contribution < -0.4 is 15.4 Å². The maximum atomic E-state index is 13.0. The molecule has 12 heteroatoms. The summed E-state index contributed by atoms with van der Waals surface area (Å²) in [6, 6.07) is 13.7. The van der Waals surface area contributed by atoms with Gasteiger partial charge in [0.2, 0.25) is 5.91 Å². The number of hydrogen-bond acceptors (Lipinski definition) is 4. The Morgan fingerprint density at radius 2 is 1.57 bits per heavy atom. The van der Waals surface area contributed by atoms with Crippen molar-refractivity contribution >= 4 is 28.8 Å². The fraction of sp³-hybridized carbons (Fsp3) is 0.143. The summed E-state index contributed by atoms with van der Waals surface area (Å²) in [5, 5.41) is 15.0. The predicted octanol–water partition coefficient (Wildman–Crippen LogP) is 6.09. The second-order valence-corrected chi connectivity index (χ2v) is 8.62. The third-order valence-electron chi connectivity index (χ3n) is 5.82. The molecule has 0 aromatic heterocycles. The van der Waals surface area contributed by atoms with E-state index in [1.165, 1.54) is 36.4 Å². The van der Waals surface area contributed by atoms with E-state index in [0.29, 0.717) is 33.6 Å². The van der Waals surface area contributed by atoms with Gasteiger partial charge < -0.3 is 20.5 Å². The van der Waals surface area contributed by atoms with E-state index < -0.39 is 41.8 Å². The summed E-state index contributed by atoms with van der Waals surface area (Å²) >= 11 is 0. The van der Waals surface area contributed by atoms with E-state index >= 15 is 0 Å². The van der Waals surface area contributed by atoms with Crippen LogP contribution in [-0.2, 0) is 22.2 Å². The fourth-order valence-electron chi connectivity index (χ4n) is 3.98. The van der Waals surface area contributed by atoms with E-state index in [-0.39, 0.29) is 6.42 Å². The number of carbonyl (C=O) groups is 2. The summed E-state index contributed by atoms with van der Waals surface area (Å²) in [7, 11) is 0. The van der Waals surface area contributed by atoms with Gasteiger partial charge in [0, 0.05) is 29.4 Å². The molecule has 0 saturated carbocycles. The number of ether oxygens (including phenoxy) is 1. The van der Waals surface area contributed by atoms with Gasteiger partial charge in [0.1, 0.15) is 11.9 Å². The molecule has 208 valence electrons. The topological polar surface area (TPSA) is 87.7 Å². The smallest absolute Gasteiger partial charge is 0.406 e. The van der Waals surface area contributed by atoms with Crippen LogP contribution in [0.4, 0.5) is 37.7 Å². The number of benzene rings is 3. The first-order valence-electron chi connectivity index (χ1n) is 11.6. The number of hydrogen-bond donors (Lipinski definition) is 3. The molecule has 0 saturated heterocycles. The second kappa shape index (κ2) is 11.3. The van der Waals surface area contributed by atoms with Gasteiger partial charge in [0.05, 0.1) is 5.56 Å². The lowest BCUT2D eigenvalue weighted by atomic mass is 9.96. The van der Waals surface area contributed by atoms with Crippen molar-refractivity contribution < 1.29 is 45.8 Å². The molecule has 0 fully saturated rings. The maximum absolute atomic E-state index is 13.0. The fourth-order valence-corrected chi connectivity index (χ4v) is 3.98. The van der Waals surface area contributed by atoms with Gasteiger partial charge in [0.25, 0.3) is 5.91 Å². The number of nitrogens with one attached hydrogen (secondary N) is 2. The zero-order valence-corrected chi connectivity index (χ0v) is 20.3. The van der Waals surface area contributed by atoms with Gasteiger partial charge in [-0.15, -0.1) is 13.2 Å². The molecule has 0 spiro atoms. The highest BCUT2D eigenvalue weighted by Crippen LogP contribution is 2.33. The first-order chi connectivity index (χ1) is 18.8. The molecule has 1 atom stereocenters. The van der Waals surface area contributed by atoms with Crippen molar-refractivity contribution in [2.45, 2.75) is 25.1 Å². The minimum absolute atomic E-state index is 0.00659. The van der Waals surface area contributed by atoms with Crippen molar-refractivity contribution in [2.75, 3.05) is 10.6 Å². The molecule has 1 heterocycles. The molecular weight excluding hydrogens is 542 g/mol. The highest BCUT2D eigenvalue weighted by molar-refractivity contribution is 6.03. The predicted molar refractivity (Wildman–Crippen MR) is 134 cm³/mol. The largest absolute Gasteiger partial charge is 0.573 e. The van der Waals surface area contributed by atoms with Crippen LogP contribution in [0.2, 0.25) is 0 Å². The van der Waals surface area contributed by atoms with Gasteiger partial charge in [-0.2, -0.15) is 13.2 Å². The number of alkyl halides is 6. The second-order valence-electron chi connectivity index (χ2n) is 8.62. The summed E-state index contributed by atoms with van der Waals surface area (Å²) in [5.41, 5.74) is 1.42. The Labute approximate surface area is 223 Å². The number of aliphatic hydroxyl groups is 1. The Morgan fingerprint density at radius 3 is 2.17 bits per heavy atom. The highest BCUT2D eigenvalue weighted by atomic mass is 19.4. The van der Waals surface area contributed by atoms with Crippen LogP contribution in [0.15, 0.2) is 85.0 Å². The van der Waals surface area contributed by atoms with Gasteiger partial charge in [-0.25, -0.2) is 0 Å². The Morgan fingerprint density at radius 1 is 0.950 bits per heavy atom. The van der Waals surface area contributed by atoms with E-state index in [1.54, 1.807) is 18.2 Å². The minimum Gasteiger partial charge on any atom is -0.406 e. The zero-order valence-electron chi connectivity index (χ0n) is 20.3. The molecule has 3 aromatic rings. The first-order valence-corrected chi connectivity index (χ1v) is 11.6. The molecule has 40 heavy (non-hydrogen) atoms. The molecule has 6 nitrogen and oxygen atoms in total. The molecule has 0 radical (unpaired) electrons. The van der Waals surface area contributed by atoms with Crippen molar-refractivity contribution in [2.24, 2.45) is 0 Å². The number of aliphatic hydroxyl groups excluding tert-OH is 1. The average molecular weight is 562 g/mol. The number of fused-ring (bicyclic) bond motifs is 1. The summed E-state index contributed by atoms with van der Waals surface area (Å²) in [4.78, 5) is 24.3. The molecule has 3 N–H and O–H groups in total. The molecule has 1 aliphatic heterocycles. The molecule has 0 aliphatic carbocycles. The number of halogens is 6. The lowest BCUT2D eigenvalue weighted by Gasteiger charge is -2.23. The molecule has 1 aliphatic rings. The Kier molecular flexibility index (Phi) is 8.01. The molecule has 4 rings (SSSR count).